The van der Waals surface area contributed by atoms with Gasteiger partial charge in [-0.2, -0.15) is 0 Å². The number of thioether (sulfide) groups is 1. The van der Waals surface area contributed by atoms with Gasteiger partial charge in [-0.25, -0.2) is 4.99 Å². The van der Waals surface area contributed by atoms with Gasteiger partial charge in [-0.3, -0.25) is 9.69 Å². The maximum absolute atomic E-state index is 12.8. The van der Waals surface area contributed by atoms with Crippen molar-refractivity contribution in [1.29, 1.82) is 0 Å². The molecule has 0 aromatic rings. The lowest BCUT2D eigenvalue weighted by Gasteiger charge is -2.39. The Morgan fingerprint density at radius 1 is 1.30 bits per heavy atom. The number of carbonyl (C=O) groups excluding carboxylic acids is 1. The van der Waals surface area contributed by atoms with Crippen molar-refractivity contribution in [2.75, 3.05) is 39.5 Å². The molecular weight excluding hydrogens is 360 g/mol. The minimum absolute atomic E-state index is 0.0120. The second-order valence-corrected chi connectivity index (χ2v) is 10.9. The quantitative estimate of drug-likeness (QED) is 0.663. The molecule has 0 aromatic carbocycles. The molecule has 1 amide bonds. The largest absolute Gasteiger partial charge is 0.379 e. The summed E-state index contributed by atoms with van der Waals surface area (Å²) in [7, 11) is 0. The van der Waals surface area contributed by atoms with Crippen LogP contribution in [0.3, 0.4) is 0 Å². The number of hydrogen-bond donors (Lipinski definition) is 0. The minimum atomic E-state index is -0.620. The van der Waals surface area contributed by atoms with Crippen LogP contribution in [-0.4, -0.2) is 65.7 Å². The molecular formula is C21H34N2O3S. The van der Waals surface area contributed by atoms with E-state index in [0.29, 0.717) is 6.61 Å². The van der Waals surface area contributed by atoms with E-state index in [1.807, 2.05) is 20.8 Å². The third-order valence-corrected chi connectivity index (χ3v) is 8.97. The number of ether oxygens (including phenoxy) is 2. The van der Waals surface area contributed by atoms with Gasteiger partial charge in [0, 0.05) is 19.6 Å². The van der Waals surface area contributed by atoms with E-state index in [9.17, 15) is 4.79 Å². The molecule has 1 saturated heterocycles. The molecule has 3 fully saturated rings. The number of carbonyl (C=O) groups is 1. The average Bonchev–Trinajstić information content (AvgIpc) is 3.32. The maximum atomic E-state index is 12.8. The van der Waals surface area contributed by atoms with Crippen molar-refractivity contribution in [3.63, 3.8) is 0 Å². The molecule has 2 heterocycles. The summed E-state index contributed by atoms with van der Waals surface area (Å²) in [4.78, 5) is 19.7. The van der Waals surface area contributed by atoms with Crippen LogP contribution in [0.4, 0.5) is 0 Å². The van der Waals surface area contributed by atoms with E-state index in [1.54, 1.807) is 11.8 Å². The van der Waals surface area contributed by atoms with E-state index < -0.39 is 10.3 Å². The van der Waals surface area contributed by atoms with E-state index in [0.717, 1.165) is 62.1 Å². The molecule has 0 N–H and O–H groups in total. The Bertz CT molecular complexity index is 602. The first-order chi connectivity index (χ1) is 12.9. The number of aliphatic imine (C=N–C) groups is 1. The molecule has 152 valence electrons. The summed E-state index contributed by atoms with van der Waals surface area (Å²) in [6, 6.07) is 0. The maximum Gasteiger partial charge on any atom is 0.265 e. The second kappa shape index (κ2) is 7.77. The lowest BCUT2D eigenvalue weighted by molar-refractivity contribution is -0.129. The zero-order valence-electron chi connectivity index (χ0n) is 17.0. The summed E-state index contributed by atoms with van der Waals surface area (Å²) in [6.45, 7) is 11.2. The number of nitrogens with zero attached hydrogens (tertiary/aromatic N) is 2. The van der Waals surface area contributed by atoms with E-state index in [2.05, 4.69) is 9.89 Å². The molecule has 6 heteroatoms. The fraction of sp³-hybridized carbons (Fsp3) is 0.905. The molecule has 2 aliphatic carbocycles. The van der Waals surface area contributed by atoms with Crippen LogP contribution in [0, 0.1) is 17.8 Å². The molecule has 4 atom stereocenters. The standard InChI is InChI=1S/C21H34N2O3S/c1-20(2,26-11-8-23-6-9-25-10-7-23)21(3)19(24)22-18(27-21)14-17-13-15-4-5-16(17)12-15/h15-17H,4-14H2,1-3H3/t15-,16+,17-,21?/m1/s1. The fourth-order valence-electron chi connectivity index (χ4n) is 5.23. The van der Waals surface area contributed by atoms with Gasteiger partial charge in [-0.15, -0.1) is 0 Å². The minimum Gasteiger partial charge on any atom is -0.379 e. The summed E-state index contributed by atoms with van der Waals surface area (Å²) in [5.41, 5.74) is -0.541. The number of rotatable bonds is 7. The molecule has 27 heavy (non-hydrogen) atoms. The molecule has 0 spiro atoms. The van der Waals surface area contributed by atoms with Crippen molar-refractivity contribution in [2.45, 2.75) is 63.2 Å². The fourth-order valence-corrected chi connectivity index (χ4v) is 6.57. The second-order valence-electron chi connectivity index (χ2n) is 9.40. The number of hydrogen-bond acceptors (Lipinski definition) is 5. The van der Waals surface area contributed by atoms with Gasteiger partial charge in [0.2, 0.25) is 0 Å². The highest BCUT2D eigenvalue weighted by Crippen LogP contribution is 2.52. The molecule has 4 aliphatic rings. The van der Waals surface area contributed by atoms with Gasteiger partial charge in [0.1, 0.15) is 4.75 Å². The molecule has 0 aromatic heterocycles. The summed E-state index contributed by atoms with van der Waals surface area (Å²) in [5, 5.41) is 1.05. The van der Waals surface area contributed by atoms with Gasteiger partial charge >= 0.3 is 0 Å². The van der Waals surface area contributed by atoms with Gasteiger partial charge in [-0.05, 0) is 64.2 Å². The van der Waals surface area contributed by atoms with Crippen molar-refractivity contribution in [2.24, 2.45) is 22.7 Å². The molecule has 2 aliphatic heterocycles. The first-order valence-electron chi connectivity index (χ1n) is 10.6. The van der Waals surface area contributed by atoms with E-state index in [4.69, 9.17) is 9.47 Å². The van der Waals surface area contributed by atoms with E-state index in [1.165, 1.54) is 25.7 Å². The smallest absolute Gasteiger partial charge is 0.265 e. The van der Waals surface area contributed by atoms with Crippen LogP contribution in [0.5, 0.6) is 0 Å². The van der Waals surface area contributed by atoms with Crippen molar-refractivity contribution in [3.05, 3.63) is 0 Å². The number of morpholine rings is 1. The van der Waals surface area contributed by atoms with Crippen LogP contribution < -0.4 is 0 Å². The van der Waals surface area contributed by atoms with Gasteiger partial charge in [-0.1, -0.05) is 18.2 Å². The van der Waals surface area contributed by atoms with Crippen LogP contribution in [-0.2, 0) is 14.3 Å². The van der Waals surface area contributed by atoms with Gasteiger partial charge in [0.15, 0.2) is 0 Å². The Balaban J connectivity index is 1.30. The third-order valence-electron chi connectivity index (χ3n) is 7.40. The zero-order valence-corrected chi connectivity index (χ0v) is 17.9. The number of amides is 1. The van der Waals surface area contributed by atoms with Crippen molar-refractivity contribution in [3.8, 4) is 0 Å². The summed E-state index contributed by atoms with van der Waals surface area (Å²) in [5.74, 6) is 2.55. The van der Waals surface area contributed by atoms with E-state index >= 15 is 0 Å². The molecule has 2 saturated carbocycles. The lowest BCUT2D eigenvalue weighted by Crippen LogP contribution is -2.52. The SMILES string of the molecule is CC(C)(OCCN1CCOCC1)C1(C)SC(C[C@H]2C[C@@H]3CC[C@H]2C3)=NC1=O. The summed E-state index contributed by atoms with van der Waals surface area (Å²) in [6.07, 6.45) is 6.55. The van der Waals surface area contributed by atoms with Crippen LogP contribution >= 0.6 is 11.8 Å². The summed E-state index contributed by atoms with van der Waals surface area (Å²) < 4.78 is 11.0. The van der Waals surface area contributed by atoms with Crippen molar-refractivity contribution in [1.82, 2.24) is 4.90 Å². The topological polar surface area (TPSA) is 51.1 Å². The molecule has 4 rings (SSSR count). The Morgan fingerprint density at radius 2 is 2.07 bits per heavy atom. The van der Waals surface area contributed by atoms with Gasteiger partial charge < -0.3 is 9.47 Å². The lowest BCUT2D eigenvalue weighted by atomic mass is 9.87. The monoisotopic (exact) mass is 394 g/mol. The van der Waals surface area contributed by atoms with Crippen LogP contribution in [0.25, 0.3) is 0 Å². The average molecular weight is 395 g/mol. The summed E-state index contributed by atoms with van der Waals surface area (Å²) >= 11 is 1.67. The van der Waals surface area contributed by atoms with Crippen LogP contribution in [0.1, 0.15) is 52.9 Å². The predicted octanol–water partition coefficient (Wildman–Crippen LogP) is 3.37. The Morgan fingerprint density at radius 3 is 2.74 bits per heavy atom. The molecule has 2 bridgehead atoms. The normalized spacial score (nSPS) is 37.2. The zero-order chi connectivity index (χ0) is 19.1. The Kier molecular flexibility index (Phi) is 5.72. The Hall–Kier alpha value is -0.430. The molecule has 5 nitrogen and oxygen atoms in total. The number of fused-ring (bicyclic) bond motifs is 2. The molecule has 0 radical (unpaired) electrons. The highest BCUT2D eigenvalue weighted by Gasteiger charge is 2.54. The Labute approximate surface area is 167 Å². The highest BCUT2D eigenvalue weighted by molar-refractivity contribution is 8.16. The van der Waals surface area contributed by atoms with Gasteiger partial charge in [0.05, 0.1) is 30.5 Å². The molecule has 1 unspecified atom stereocenters. The van der Waals surface area contributed by atoms with Gasteiger partial charge in [0.25, 0.3) is 5.91 Å². The van der Waals surface area contributed by atoms with Crippen molar-refractivity contribution < 1.29 is 14.3 Å². The highest BCUT2D eigenvalue weighted by atomic mass is 32.2. The van der Waals surface area contributed by atoms with Crippen molar-refractivity contribution >= 4 is 22.7 Å². The first-order valence-corrected chi connectivity index (χ1v) is 11.4. The van der Waals surface area contributed by atoms with E-state index in [-0.39, 0.29) is 5.91 Å². The van der Waals surface area contributed by atoms with Crippen LogP contribution in [0.15, 0.2) is 4.99 Å². The first kappa shape index (κ1) is 19.9. The third kappa shape index (κ3) is 4.00. The predicted molar refractivity (Wildman–Crippen MR) is 109 cm³/mol. The van der Waals surface area contributed by atoms with Crippen LogP contribution in [0.2, 0.25) is 0 Å².